The Kier molecular flexibility index (Phi) is 5.95. The normalized spacial score (nSPS) is 19.6. The molecule has 0 saturated carbocycles. The molecule has 1 aromatic heterocycles. The lowest BCUT2D eigenvalue weighted by molar-refractivity contribution is -0.130. The van der Waals surface area contributed by atoms with E-state index in [2.05, 4.69) is 12.1 Å². The summed E-state index contributed by atoms with van der Waals surface area (Å²) >= 11 is 1.72. The summed E-state index contributed by atoms with van der Waals surface area (Å²) in [5.41, 5.74) is 1.92. The van der Waals surface area contributed by atoms with Crippen molar-refractivity contribution in [2.75, 3.05) is 31.1 Å². The maximum Gasteiger partial charge on any atom is 0.232 e. The van der Waals surface area contributed by atoms with Gasteiger partial charge >= 0.3 is 0 Å². The highest BCUT2D eigenvalue weighted by molar-refractivity contribution is 7.99. The number of hydrogen-bond acceptors (Lipinski definition) is 5. The van der Waals surface area contributed by atoms with Crippen LogP contribution >= 0.6 is 11.8 Å². The van der Waals surface area contributed by atoms with Crippen LogP contribution in [0.15, 0.2) is 4.52 Å². The van der Waals surface area contributed by atoms with Gasteiger partial charge in [0.2, 0.25) is 11.8 Å². The van der Waals surface area contributed by atoms with Crippen molar-refractivity contribution in [1.29, 1.82) is 0 Å². The molecule has 0 radical (unpaired) electrons. The second-order valence-corrected chi connectivity index (χ2v) is 8.77. The van der Waals surface area contributed by atoms with E-state index in [1.54, 1.807) is 11.8 Å². The maximum atomic E-state index is 12.6. The van der Waals surface area contributed by atoms with Crippen LogP contribution in [0.25, 0.3) is 0 Å². The lowest BCUT2D eigenvalue weighted by atomic mass is 9.77. The van der Waals surface area contributed by atoms with Crippen LogP contribution in [0.4, 0.5) is 0 Å². The van der Waals surface area contributed by atoms with Crippen LogP contribution in [0, 0.1) is 19.3 Å². The van der Waals surface area contributed by atoms with Crippen LogP contribution in [-0.2, 0) is 16.1 Å². The van der Waals surface area contributed by atoms with Gasteiger partial charge < -0.3 is 14.3 Å². The third-order valence-corrected chi connectivity index (χ3v) is 6.83. The topological polar surface area (TPSA) is 66.7 Å². The zero-order chi connectivity index (χ0) is 18.7. The van der Waals surface area contributed by atoms with Crippen LogP contribution in [0.2, 0.25) is 0 Å². The molecule has 26 heavy (non-hydrogen) atoms. The van der Waals surface area contributed by atoms with Gasteiger partial charge in [-0.15, -0.1) is 0 Å². The molecular formula is C19H29N3O3S. The molecule has 3 rings (SSSR count). The van der Waals surface area contributed by atoms with Crippen LogP contribution < -0.4 is 0 Å². The van der Waals surface area contributed by atoms with Crippen molar-refractivity contribution in [2.24, 2.45) is 5.41 Å². The zero-order valence-corrected chi connectivity index (χ0v) is 16.9. The number of piperidine rings is 1. The number of rotatable bonds is 6. The number of aromatic nitrogens is 1. The van der Waals surface area contributed by atoms with Crippen LogP contribution in [0.3, 0.4) is 0 Å². The number of aryl methyl sites for hydroxylation is 2. The second kappa shape index (κ2) is 8.03. The van der Waals surface area contributed by atoms with E-state index < -0.39 is 0 Å². The molecule has 0 bridgehead atoms. The maximum absolute atomic E-state index is 12.6. The summed E-state index contributed by atoms with van der Waals surface area (Å²) in [6.07, 6.45) is 3.54. The quantitative estimate of drug-likeness (QED) is 0.711. The number of thioether (sulfide) groups is 1. The molecule has 2 amide bonds. The standard InChI is InChI=1S/C19H29N3O3S/c1-4-9-26-12-18(24)21-7-5-19(6-8-21)10-17(23)22(13-19)11-16-14(2)20-25-15(16)3/h4-13H2,1-3H3. The third kappa shape index (κ3) is 4.08. The molecule has 0 unspecified atom stereocenters. The van der Waals surface area contributed by atoms with Crippen molar-refractivity contribution < 1.29 is 14.1 Å². The fourth-order valence-electron chi connectivity index (χ4n) is 4.00. The van der Waals surface area contributed by atoms with Crippen molar-refractivity contribution in [1.82, 2.24) is 15.0 Å². The summed E-state index contributed by atoms with van der Waals surface area (Å²) in [4.78, 5) is 28.8. The predicted molar refractivity (Wildman–Crippen MR) is 102 cm³/mol. The van der Waals surface area contributed by atoms with Gasteiger partial charge in [-0.05, 0) is 38.9 Å². The minimum atomic E-state index is 0.0311. The minimum Gasteiger partial charge on any atom is -0.361 e. The van der Waals surface area contributed by atoms with Gasteiger partial charge in [-0.2, -0.15) is 11.8 Å². The third-order valence-electron chi connectivity index (χ3n) is 5.69. The van der Waals surface area contributed by atoms with Crippen LogP contribution in [-0.4, -0.2) is 57.9 Å². The molecule has 0 aromatic carbocycles. The van der Waals surface area contributed by atoms with E-state index in [1.165, 1.54) is 0 Å². The number of nitrogens with zero attached hydrogens (tertiary/aromatic N) is 3. The average molecular weight is 380 g/mol. The number of amides is 2. The van der Waals surface area contributed by atoms with E-state index in [9.17, 15) is 9.59 Å². The fourth-order valence-corrected chi connectivity index (χ4v) is 4.79. The number of likely N-dealkylation sites (tertiary alicyclic amines) is 2. The summed E-state index contributed by atoms with van der Waals surface area (Å²) < 4.78 is 5.22. The Morgan fingerprint density at radius 2 is 2.04 bits per heavy atom. The highest BCUT2D eigenvalue weighted by Crippen LogP contribution is 2.41. The number of carbonyl (C=O) groups excluding carboxylic acids is 2. The average Bonchev–Trinajstić information content (AvgIpc) is 3.09. The molecule has 1 spiro atoms. The Bertz CT molecular complexity index is 645. The van der Waals surface area contributed by atoms with Gasteiger partial charge in [0, 0.05) is 37.0 Å². The number of hydrogen-bond donors (Lipinski definition) is 0. The predicted octanol–water partition coefficient (Wildman–Crippen LogP) is 2.78. The summed E-state index contributed by atoms with van der Waals surface area (Å²) in [5, 5.41) is 3.99. The van der Waals surface area contributed by atoms with Gasteiger partial charge in [0.1, 0.15) is 5.76 Å². The smallest absolute Gasteiger partial charge is 0.232 e. The Morgan fingerprint density at radius 3 is 2.65 bits per heavy atom. The molecule has 0 atom stereocenters. The lowest BCUT2D eigenvalue weighted by Crippen LogP contribution is -2.44. The van der Waals surface area contributed by atoms with E-state index in [-0.39, 0.29) is 17.2 Å². The van der Waals surface area contributed by atoms with Gasteiger partial charge in [0.25, 0.3) is 0 Å². The highest BCUT2D eigenvalue weighted by atomic mass is 32.2. The lowest BCUT2D eigenvalue weighted by Gasteiger charge is -2.38. The summed E-state index contributed by atoms with van der Waals surface area (Å²) in [7, 11) is 0. The Morgan fingerprint density at radius 1 is 1.31 bits per heavy atom. The Hall–Kier alpha value is -1.50. The molecule has 7 heteroatoms. The van der Waals surface area contributed by atoms with Crippen LogP contribution in [0.5, 0.6) is 0 Å². The largest absolute Gasteiger partial charge is 0.361 e. The molecule has 0 N–H and O–H groups in total. The molecule has 1 aromatic rings. The first-order valence-corrected chi connectivity index (χ1v) is 10.6. The first-order chi connectivity index (χ1) is 12.4. The molecule has 2 aliphatic heterocycles. The van der Waals surface area contributed by atoms with Crippen LogP contribution in [0.1, 0.15) is 49.6 Å². The number of carbonyl (C=O) groups is 2. The molecular weight excluding hydrogens is 350 g/mol. The fraction of sp³-hybridized carbons (Fsp3) is 0.737. The van der Waals surface area contributed by atoms with E-state index in [1.807, 2.05) is 23.6 Å². The van der Waals surface area contributed by atoms with Gasteiger partial charge in [-0.3, -0.25) is 9.59 Å². The molecule has 3 heterocycles. The monoisotopic (exact) mass is 379 g/mol. The van der Waals surface area contributed by atoms with Crippen molar-refractivity contribution in [3.05, 3.63) is 17.0 Å². The summed E-state index contributed by atoms with van der Waals surface area (Å²) in [6, 6.07) is 0. The second-order valence-electron chi connectivity index (χ2n) is 7.66. The molecule has 0 aliphatic carbocycles. The molecule has 2 fully saturated rings. The first kappa shape index (κ1) is 19.3. The SMILES string of the molecule is CCCSCC(=O)N1CCC2(CC1)CC(=O)N(Cc1c(C)noc1C)C2. The Labute approximate surface area is 159 Å². The van der Waals surface area contributed by atoms with Gasteiger partial charge in [-0.1, -0.05) is 12.1 Å². The molecule has 2 saturated heterocycles. The van der Waals surface area contributed by atoms with Crippen molar-refractivity contribution in [2.45, 2.75) is 53.0 Å². The van der Waals surface area contributed by atoms with E-state index in [4.69, 9.17) is 4.52 Å². The zero-order valence-electron chi connectivity index (χ0n) is 16.0. The molecule has 2 aliphatic rings. The summed E-state index contributed by atoms with van der Waals surface area (Å²) in [6.45, 7) is 8.86. The summed E-state index contributed by atoms with van der Waals surface area (Å²) in [5.74, 6) is 2.87. The Balaban J connectivity index is 1.55. The highest BCUT2D eigenvalue weighted by Gasteiger charge is 2.45. The van der Waals surface area contributed by atoms with Gasteiger partial charge in [0.15, 0.2) is 0 Å². The molecule has 144 valence electrons. The van der Waals surface area contributed by atoms with E-state index in [0.717, 1.165) is 61.7 Å². The van der Waals surface area contributed by atoms with Crippen molar-refractivity contribution in [3.8, 4) is 0 Å². The molecule has 6 nitrogen and oxygen atoms in total. The van der Waals surface area contributed by atoms with Gasteiger partial charge in [-0.25, -0.2) is 0 Å². The van der Waals surface area contributed by atoms with Crippen molar-refractivity contribution >= 4 is 23.6 Å². The minimum absolute atomic E-state index is 0.0311. The van der Waals surface area contributed by atoms with Crippen molar-refractivity contribution in [3.63, 3.8) is 0 Å². The van der Waals surface area contributed by atoms with E-state index >= 15 is 0 Å². The van der Waals surface area contributed by atoms with Gasteiger partial charge in [0.05, 0.1) is 18.0 Å². The first-order valence-electron chi connectivity index (χ1n) is 9.49. The van der Waals surface area contributed by atoms with E-state index in [0.29, 0.717) is 18.7 Å².